The molecular formula is C15H17N3. The molecule has 0 saturated carbocycles. The lowest BCUT2D eigenvalue weighted by atomic mass is 10.1. The van der Waals surface area contributed by atoms with Gasteiger partial charge in [0.1, 0.15) is 5.84 Å². The van der Waals surface area contributed by atoms with Gasteiger partial charge in [0, 0.05) is 11.8 Å². The van der Waals surface area contributed by atoms with Crippen LogP contribution in [-0.4, -0.2) is 10.8 Å². The Kier molecular flexibility index (Phi) is 5.32. The van der Waals surface area contributed by atoms with Gasteiger partial charge in [-0.3, -0.25) is 10.4 Å². The average molecular weight is 239 g/mol. The molecule has 0 spiro atoms. The van der Waals surface area contributed by atoms with E-state index in [1.807, 2.05) is 49.4 Å². The zero-order valence-corrected chi connectivity index (χ0v) is 10.4. The summed E-state index contributed by atoms with van der Waals surface area (Å²) in [6.07, 6.45) is 3.47. The molecule has 0 aliphatic carbocycles. The molecule has 0 amide bonds. The second-order valence-corrected chi connectivity index (χ2v) is 3.69. The predicted octanol–water partition coefficient (Wildman–Crippen LogP) is 3.00. The lowest BCUT2D eigenvalue weighted by Crippen LogP contribution is -2.12. The van der Waals surface area contributed by atoms with E-state index in [0.29, 0.717) is 0 Å². The first-order valence-electron chi connectivity index (χ1n) is 5.58. The van der Waals surface area contributed by atoms with E-state index in [1.54, 1.807) is 12.3 Å². The second kappa shape index (κ2) is 7.01. The van der Waals surface area contributed by atoms with Gasteiger partial charge in [-0.1, -0.05) is 36.9 Å². The minimum Gasteiger partial charge on any atom is -0.384 e. The van der Waals surface area contributed by atoms with Crippen molar-refractivity contribution >= 4 is 11.9 Å². The van der Waals surface area contributed by atoms with E-state index < -0.39 is 0 Å². The molecular weight excluding hydrogens is 222 g/mol. The molecule has 0 saturated heterocycles. The third-order valence-corrected chi connectivity index (χ3v) is 2.33. The molecule has 1 heterocycles. The third-order valence-electron chi connectivity index (χ3n) is 2.33. The van der Waals surface area contributed by atoms with Crippen molar-refractivity contribution in [3.8, 4) is 0 Å². The van der Waals surface area contributed by atoms with Gasteiger partial charge in [0.2, 0.25) is 0 Å². The fourth-order valence-electron chi connectivity index (χ4n) is 1.37. The number of nitrogen functional groups attached to an aromatic ring is 1. The van der Waals surface area contributed by atoms with E-state index in [9.17, 15) is 0 Å². The Bertz CT molecular complexity index is 518. The van der Waals surface area contributed by atoms with E-state index in [1.165, 1.54) is 0 Å². The molecule has 3 heteroatoms. The fourth-order valence-corrected chi connectivity index (χ4v) is 1.37. The zero-order chi connectivity index (χ0) is 13.4. The maximum absolute atomic E-state index is 7.15. The number of rotatable bonds is 2. The Morgan fingerprint density at radius 2 is 1.89 bits per heavy atom. The van der Waals surface area contributed by atoms with Gasteiger partial charge in [-0.05, 0) is 30.7 Å². The van der Waals surface area contributed by atoms with E-state index >= 15 is 0 Å². The normalized spacial score (nSPS) is 8.94. The van der Waals surface area contributed by atoms with Gasteiger partial charge in [0.05, 0.1) is 5.69 Å². The Labute approximate surface area is 108 Å². The summed E-state index contributed by atoms with van der Waals surface area (Å²) in [5.74, 6) is 0.137. The zero-order valence-electron chi connectivity index (χ0n) is 10.4. The first kappa shape index (κ1) is 13.6. The van der Waals surface area contributed by atoms with Crippen molar-refractivity contribution in [2.24, 2.45) is 5.73 Å². The molecule has 1 aromatic heterocycles. The number of aromatic nitrogens is 1. The summed E-state index contributed by atoms with van der Waals surface area (Å²) >= 11 is 0. The number of nitrogens with zero attached hydrogens (tertiary/aromatic N) is 1. The van der Waals surface area contributed by atoms with Crippen LogP contribution in [0.25, 0.3) is 6.08 Å². The monoisotopic (exact) mass is 239 g/mol. The Hall–Kier alpha value is -2.42. The summed E-state index contributed by atoms with van der Waals surface area (Å²) in [4.78, 5) is 3.98. The van der Waals surface area contributed by atoms with Crippen molar-refractivity contribution in [1.29, 1.82) is 5.41 Å². The molecule has 0 bridgehead atoms. The molecule has 18 heavy (non-hydrogen) atoms. The highest BCUT2D eigenvalue weighted by molar-refractivity contribution is 5.96. The molecule has 3 N–H and O–H groups in total. The summed E-state index contributed by atoms with van der Waals surface area (Å²) in [7, 11) is 0. The van der Waals surface area contributed by atoms with E-state index in [0.717, 1.165) is 16.8 Å². The highest BCUT2D eigenvalue weighted by Gasteiger charge is 1.96. The maximum Gasteiger partial charge on any atom is 0.123 e. The van der Waals surface area contributed by atoms with Crippen molar-refractivity contribution in [2.75, 3.05) is 0 Å². The molecule has 3 nitrogen and oxygen atoms in total. The van der Waals surface area contributed by atoms with Crippen LogP contribution in [0.15, 0.2) is 55.2 Å². The Balaban J connectivity index is 0.000000184. The van der Waals surface area contributed by atoms with Crippen LogP contribution < -0.4 is 5.73 Å². The number of nitrogens with one attached hydrogen (secondary N) is 1. The highest BCUT2D eigenvalue weighted by Crippen LogP contribution is 2.04. The summed E-state index contributed by atoms with van der Waals surface area (Å²) < 4.78 is 0. The number of hydrogen-bond donors (Lipinski definition) is 2. The van der Waals surface area contributed by atoms with Crippen molar-refractivity contribution < 1.29 is 0 Å². The van der Waals surface area contributed by atoms with Crippen LogP contribution in [0.1, 0.15) is 16.8 Å². The van der Waals surface area contributed by atoms with Gasteiger partial charge in [-0.15, -0.1) is 0 Å². The first-order valence-corrected chi connectivity index (χ1v) is 5.58. The molecule has 0 atom stereocenters. The molecule has 2 rings (SSSR count). The maximum atomic E-state index is 7.15. The van der Waals surface area contributed by atoms with Gasteiger partial charge in [-0.25, -0.2) is 0 Å². The molecule has 0 aliphatic rings. The summed E-state index contributed by atoms with van der Waals surface area (Å²) in [6, 6.07) is 13.3. The molecule has 0 aliphatic heterocycles. The van der Waals surface area contributed by atoms with Crippen molar-refractivity contribution in [3.63, 3.8) is 0 Å². The average Bonchev–Trinajstić information content (AvgIpc) is 2.40. The SMILES string of the molecule is C=Cc1ccccn1.Cc1ccccc1C(=N)N. The number of hydrogen-bond acceptors (Lipinski definition) is 2. The van der Waals surface area contributed by atoms with Gasteiger partial charge in [-0.2, -0.15) is 0 Å². The highest BCUT2D eigenvalue weighted by atomic mass is 14.7. The van der Waals surface area contributed by atoms with Crippen LogP contribution in [0, 0.1) is 12.3 Å². The topological polar surface area (TPSA) is 62.8 Å². The molecule has 0 radical (unpaired) electrons. The summed E-state index contributed by atoms with van der Waals surface area (Å²) in [6.45, 7) is 5.51. The van der Waals surface area contributed by atoms with Crippen LogP contribution in [0.5, 0.6) is 0 Å². The molecule has 92 valence electrons. The molecule has 0 unspecified atom stereocenters. The summed E-state index contributed by atoms with van der Waals surface area (Å²) in [5, 5.41) is 7.15. The van der Waals surface area contributed by atoms with Crippen molar-refractivity contribution in [1.82, 2.24) is 4.98 Å². The first-order chi connectivity index (χ1) is 8.65. The Morgan fingerprint density at radius 3 is 2.28 bits per heavy atom. The number of pyridine rings is 1. The van der Waals surface area contributed by atoms with Crippen LogP contribution in [0.3, 0.4) is 0 Å². The number of amidine groups is 1. The molecule has 2 aromatic rings. The van der Waals surface area contributed by atoms with Crippen LogP contribution >= 0.6 is 0 Å². The lowest BCUT2D eigenvalue weighted by molar-refractivity contribution is 1.30. The van der Waals surface area contributed by atoms with Gasteiger partial charge in [0.25, 0.3) is 0 Å². The van der Waals surface area contributed by atoms with Gasteiger partial charge >= 0.3 is 0 Å². The fraction of sp³-hybridized carbons (Fsp3) is 0.0667. The lowest BCUT2D eigenvalue weighted by Gasteiger charge is -2.00. The minimum absolute atomic E-state index is 0.137. The quantitative estimate of drug-likeness (QED) is 0.625. The largest absolute Gasteiger partial charge is 0.384 e. The Morgan fingerprint density at radius 1 is 1.22 bits per heavy atom. The van der Waals surface area contributed by atoms with E-state index in [4.69, 9.17) is 11.1 Å². The molecule has 0 fully saturated rings. The van der Waals surface area contributed by atoms with Crippen molar-refractivity contribution in [3.05, 3.63) is 72.1 Å². The van der Waals surface area contributed by atoms with E-state index in [-0.39, 0.29) is 5.84 Å². The standard InChI is InChI=1S/C8H10N2.C7H7N/c1-6-4-2-3-5-7(6)8(9)10;1-2-7-5-3-4-6-8-7/h2-5H,1H3,(H3,9,10);2-6H,1H2. The second-order valence-electron chi connectivity index (χ2n) is 3.69. The number of benzene rings is 1. The van der Waals surface area contributed by atoms with Crippen LogP contribution in [0.2, 0.25) is 0 Å². The number of aryl methyl sites for hydroxylation is 1. The smallest absolute Gasteiger partial charge is 0.123 e. The summed E-state index contributed by atoms with van der Waals surface area (Å²) in [5.41, 5.74) is 8.09. The van der Waals surface area contributed by atoms with Crippen LogP contribution in [-0.2, 0) is 0 Å². The number of nitrogens with two attached hydrogens (primary N) is 1. The third kappa shape index (κ3) is 4.22. The van der Waals surface area contributed by atoms with Crippen LogP contribution in [0.4, 0.5) is 0 Å². The van der Waals surface area contributed by atoms with Gasteiger partial charge < -0.3 is 5.73 Å². The predicted molar refractivity (Wildman–Crippen MR) is 76.5 cm³/mol. The van der Waals surface area contributed by atoms with Crippen molar-refractivity contribution in [2.45, 2.75) is 6.92 Å². The minimum atomic E-state index is 0.137. The van der Waals surface area contributed by atoms with Gasteiger partial charge in [0.15, 0.2) is 0 Å². The van der Waals surface area contributed by atoms with E-state index in [2.05, 4.69) is 11.6 Å². The molecule has 1 aromatic carbocycles.